The number of pyridine rings is 1. The van der Waals surface area contributed by atoms with Gasteiger partial charge in [0.15, 0.2) is 0 Å². The van der Waals surface area contributed by atoms with Gasteiger partial charge in [0.1, 0.15) is 6.54 Å². The van der Waals surface area contributed by atoms with E-state index in [2.05, 4.69) is 0 Å². The first-order chi connectivity index (χ1) is 11.2. The Hall–Kier alpha value is -1.87. The molecule has 1 N–H and O–H groups in total. The van der Waals surface area contributed by atoms with E-state index >= 15 is 0 Å². The molecule has 2 heterocycles. The number of aliphatic hydroxyl groups is 1. The Morgan fingerprint density at radius 1 is 1.25 bits per heavy atom. The predicted molar refractivity (Wildman–Crippen MR) is 80.4 cm³/mol. The van der Waals surface area contributed by atoms with E-state index < -0.39 is 35.9 Å². The van der Waals surface area contributed by atoms with E-state index in [1.165, 1.54) is 4.90 Å². The van der Waals surface area contributed by atoms with Gasteiger partial charge in [-0.2, -0.15) is 13.2 Å². The van der Waals surface area contributed by atoms with E-state index in [-0.39, 0.29) is 0 Å². The standard InChI is InChI=1S/C15H20F3N3O3/c1-11(22)8-19-4-6-20(7-5-19)14(24)10-21-9-12(15(16,17)18)2-3-13(21)23/h2-3,9,11,22H,4-8,10H2,1H3/t11-/m0/s1. The topological polar surface area (TPSA) is 65.8 Å². The predicted octanol–water partition coefficient (Wildman–Crippen LogP) is 0.392. The number of hydrogen-bond acceptors (Lipinski definition) is 4. The first-order valence-electron chi connectivity index (χ1n) is 7.62. The SMILES string of the molecule is C[C@H](O)CN1CCN(C(=O)Cn2cc(C(F)(F)F)ccc2=O)CC1. The van der Waals surface area contributed by atoms with Crippen molar-refractivity contribution < 1.29 is 23.1 Å². The fraction of sp³-hybridized carbons (Fsp3) is 0.600. The number of aliphatic hydroxyl groups excluding tert-OH is 1. The Bertz CT molecular complexity index is 635. The number of carbonyl (C=O) groups is 1. The number of aromatic nitrogens is 1. The number of rotatable bonds is 4. The number of carbonyl (C=O) groups excluding carboxylic acids is 1. The molecule has 1 atom stereocenters. The van der Waals surface area contributed by atoms with E-state index in [4.69, 9.17) is 0 Å². The Kier molecular flexibility index (Phi) is 5.66. The highest BCUT2D eigenvalue weighted by atomic mass is 19.4. The van der Waals surface area contributed by atoms with Gasteiger partial charge < -0.3 is 14.6 Å². The van der Waals surface area contributed by atoms with Crippen molar-refractivity contribution in [1.82, 2.24) is 14.4 Å². The maximum Gasteiger partial charge on any atom is 0.417 e. The summed E-state index contributed by atoms with van der Waals surface area (Å²) in [5, 5.41) is 9.34. The second-order valence-electron chi connectivity index (χ2n) is 5.91. The van der Waals surface area contributed by atoms with Crippen LogP contribution < -0.4 is 5.56 Å². The van der Waals surface area contributed by atoms with Crippen molar-refractivity contribution in [3.63, 3.8) is 0 Å². The molecule has 1 aromatic rings. The fourth-order valence-electron chi connectivity index (χ4n) is 2.62. The average Bonchev–Trinajstić information content (AvgIpc) is 2.48. The van der Waals surface area contributed by atoms with Crippen LogP contribution in [0.1, 0.15) is 12.5 Å². The Labute approximate surface area is 137 Å². The van der Waals surface area contributed by atoms with Crippen LogP contribution in [0, 0.1) is 0 Å². The summed E-state index contributed by atoms with van der Waals surface area (Å²) in [4.78, 5) is 27.4. The number of halogens is 3. The zero-order valence-electron chi connectivity index (χ0n) is 13.3. The monoisotopic (exact) mass is 347 g/mol. The van der Waals surface area contributed by atoms with Gasteiger partial charge in [-0.1, -0.05) is 0 Å². The van der Waals surface area contributed by atoms with Crippen LogP contribution in [0.3, 0.4) is 0 Å². The van der Waals surface area contributed by atoms with Gasteiger partial charge in [-0.3, -0.25) is 14.5 Å². The lowest BCUT2D eigenvalue weighted by atomic mass is 10.2. The zero-order valence-corrected chi connectivity index (χ0v) is 13.3. The molecule has 0 aliphatic carbocycles. The van der Waals surface area contributed by atoms with E-state index in [9.17, 15) is 27.9 Å². The van der Waals surface area contributed by atoms with E-state index in [1.807, 2.05) is 4.90 Å². The summed E-state index contributed by atoms with van der Waals surface area (Å²) >= 11 is 0. The molecule has 134 valence electrons. The maximum atomic E-state index is 12.7. The van der Waals surface area contributed by atoms with Crippen molar-refractivity contribution in [2.75, 3.05) is 32.7 Å². The van der Waals surface area contributed by atoms with Crippen LogP contribution in [0.15, 0.2) is 23.1 Å². The molecule has 1 fully saturated rings. The quantitative estimate of drug-likeness (QED) is 0.856. The molecule has 6 nitrogen and oxygen atoms in total. The summed E-state index contributed by atoms with van der Waals surface area (Å²) in [5.41, 5.74) is -1.61. The zero-order chi connectivity index (χ0) is 17.9. The van der Waals surface area contributed by atoms with Gasteiger partial charge in [0.25, 0.3) is 5.56 Å². The van der Waals surface area contributed by atoms with Crippen LogP contribution >= 0.6 is 0 Å². The minimum atomic E-state index is -4.56. The third-order valence-corrected chi connectivity index (χ3v) is 3.86. The van der Waals surface area contributed by atoms with Crippen LogP contribution in [-0.2, 0) is 17.5 Å². The Morgan fingerprint density at radius 2 is 1.88 bits per heavy atom. The van der Waals surface area contributed by atoms with E-state index in [0.717, 1.165) is 10.6 Å². The molecule has 1 amide bonds. The molecule has 1 saturated heterocycles. The third-order valence-electron chi connectivity index (χ3n) is 3.86. The molecule has 0 aromatic carbocycles. The van der Waals surface area contributed by atoms with Gasteiger partial charge in [-0.25, -0.2) is 0 Å². The molecule has 24 heavy (non-hydrogen) atoms. The molecule has 0 spiro atoms. The Balaban J connectivity index is 1.99. The van der Waals surface area contributed by atoms with Crippen molar-refractivity contribution in [3.8, 4) is 0 Å². The summed E-state index contributed by atoms with van der Waals surface area (Å²) in [7, 11) is 0. The molecule has 2 rings (SSSR count). The summed E-state index contributed by atoms with van der Waals surface area (Å²) in [6.45, 7) is 3.76. The third kappa shape index (κ3) is 4.81. The van der Waals surface area contributed by atoms with Crippen LogP contribution in [0.2, 0.25) is 0 Å². The molecule has 0 saturated carbocycles. The first kappa shape index (κ1) is 18.5. The smallest absolute Gasteiger partial charge is 0.392 e. The summed E-state index contributed by atoms with van der Waals surface area (Å²) in [5.74, 6) is -0.395. The van der Waals surface area contributed by atoms with Gasteiger partial charge in [0.05, 0.1) is 11.7 Å². The lowest BCUT2D eigenvalue weighted by Gasteiger charge is -2.35. The molecule has 0 radical (unpaired) electrons. The van der Waals surface area contributed by atoms with Crippen LogP contribution in [0.4, 0.5) is 13.2 Å². The fourth-order valence-corrected chi connectivity index (χ4v) is 2.62. The number of hydrogen-bond donors (Lipinski definition) is 1. The van der Waals surface area contributed by atoms with Crippen LogP contribution in [0.25, 0.3) is 0 Å². The normalized spacial score (nSPS) is 17.8. The van der Waals surface area contributed by atoms with Gasteiger partial charge in [-0.15, -0.1) is 0 Å². The largest absolute Gasteiger partial charge is 0.417 e. The van der Waals surface area contributed by atoms with Crippen molar-refractivity contribution in [3.05, 3.63) is 34.2 Å². The molecular weight excluding hydrogens is 327 g/mol. The Morgan fingerprint density at radius 3 is 2.42 bits per heavy atom. The average molecular weight is 347 g/mol. The second kappa shape index (κ2) is 7.35. The molecule has 9 heteroatoms. The highest BCUT2D eigenvalue weighted by Crippen LogP contribution is 2.28. The highest BCUT2D eigenvalue weighted by Gasteiger charge is 2.31. The molecule has 1 aliphatic heterocycles. The number of amides is 1. The molecular formula is C15H20F3N3O3. The minimum Gasteiger partial charge on any atom is -0.392 e. The van der Waals surface area contributed by atoms with Crippen molar-refractivity contribution in [2.24, 2.45) is 0 Å². The lowest BCUT2D eigenvalue weighted by molar-refractivity contribution is -0.139. The van der Waals surface area contributed by atoms with Gasteiger partial charge in [0, 0.05) is 45.0 Å². The van der Waals surface area contributed by atoms with Crippen LogP contribution in [0.5, 0.6) is 0 Å². The van der Waals surface area contributed by atoms with E-state index in [0.29, 0.717) is 45.0 Å². The van der Waals surface area contributed by atoms with Crippen LogP contribution in [-0.4, -0.2) is 64.2 Å². The van der Waals surface area contributed by atoms with Crippen molar-refractivity contribution in [2.45, 2.75) is 25.7 Å². The van der Waals surface area contributed by atoms with E-state index in [1.54, 1.807) is 6.92 Å². The minimum absolute atomic E-state index is 0.395. The van der Waals surface area contributed by atoms with Gasteiger partial charge in [0.2, 0.25) is 5.91 Å². The molecule has 0 bridgehead atoms. The van der Waals surface area contributed by atoms with Crippen molar-refractivity contribution in [1.29, 1.82) is 0 Å². The van der Waals surface area contributed by atoms with Crippen molar-refractivity contribution >= 4 is 5.91 Å². The summed E-state index contributed by atoms with van der Waals surface area (Å²) in [6, 6.07) is 1.52. The number of nitrogens with zero attached hydrogens (tertiary/aromatic N) is 3. The second-order valence-corrected chi connectivity index (χ2v) is 5.91. The summed E-state index contributed by atoms with van der Waals surface area (Å²) < 4.78 is 38.9. The molecule has 0 unspecified atom stereocenters. The number of piperazine rings is 1. The van der Waals surface area contributed by atoms with Gasteiger partial charge >= 0.3 is 6.18 Å². The number of β-amino-alcohol motifs (C(OH)–C–C–N with tert-alkyl or cyclic N) is 1. The highest BCUT2D eigenvalue weighted by molar-refractivity contribution is 5.76. The number of alkyl halides is 3. The lowest BCUT2D eigenvalue weighted by Crippen LogP contribution is -2.51. The summed E-state index contributed by atoms with van der Waals surface area (Å²) in [6.07, 6.45) is -4.36. The molecule has 1 aromatic heterocycles. The maximum absolute atomic E-state index is 12.7. The first-order valence-corrected chi connectivity index (χ1v) is 7.62. The molecule has 1 aliphatic rings. The van der Waals surface area contributed by atoms with Gasteiger partial charge in [-0.05, 0) is 13.0 Å².